The van der Waals surface area contributed by atoms with Gasteiger partial charge in [0.15, 0.2) is 0 Å². The molecule has 0 bridgehead atoms. The van der Waals surface area contributed by atoms with Crippen molar-refractivity contribution in [1.29, 1.82) is 5.26 Å². The maximum atomic E-state index is 11.7. The molecule has 2 heterocycles. The molecule has 0 saturated carbocycles. The van der Waals surface area contributed by atoms with Gasteiger partial charge in [-0.25, -0.2) is 0 Å². The van der Waals surface area contributed by atoms with Crippen LogP contribution < -0.4 is 4.90 Å². The minimum atomic E-state index is 0.0928. The number of alkyl halides is 1. The first-order valence-electron chi connectivity index (χ1n) is 4.56. The van der Waals surface area contributed by atoms with Gasteiger partial charge in [-0.2, -0.15) is 5.26 Å². The number of amides is 1. The first-order valence-corrected chi connectivity index (χ1v) is 6.35. The van der Waals surface area contributed by atoms with Crippen LogP contribution in [0.25, 0.3) is 0 Å². The van der Waals surface area contributed by atoms with Crippen molar-refractivity contribution in [3.8, 4) is 6.07 Å². The van der Waals surface area contributed by atoms with E-state index in [4.69, 9.17) is 5.26 Å². The van der Waals surface area contributed by atoms with Crippen LogP contribution in [0.3, 0.4) is 0 Å². The van der Waals surface area contributed by atoms with Gasteiger partial charge in [-0.05, 0) is 17.9 Å². The van der Waals surface area contributed by atoms with Gasteiger partial charge >= 0.3 is 0 Å². The van der Waals surface area contributed by atoms with Crippen LogP contribution >= 0.6 is 27.3 Å². The van der Waals surface area contributed by atoms with E-state index in [1.165, 1.54) is 11.3 Å². The number of hydrogen-bond donors (Lipinski definition) is 0. The molecule has 5 heteroatoms. The van der Waals surface area contributed by atoms with Crippen molar-refractivity contribution in [2.75, 3.05) is 11.4 Å². The summed E-state index contributed by atoms with van der Waals surface area (Å²) in [4.78, 5) is 13.6. The molecule has 0 radical (unpaired) electrons. The Morgan fingerprint density at radius 1 is 1.73 bits per heavy atom. The van der Waals surface area contributed by atoms with Crippen LogP contribution in [0.2, 0.25) is 0 Å². The zero-order valence-electron chi connectivity index (χ0n) is 8.16. The number of nitrogens with zero attached hydrogens (tertiary/aromatic N) is 2. The van der Waals surface area contributed by atoms with Crippen LogP contribution in [-0.2, 0) is 4.79 Å². The van der Waals surface area contributed by atoms with Crippen molar-refractivity contribution in [2.24, 2.45) is 0 Å². The summed E-state index contributed by atoms with van der Waals surface area (Å²) in [6.45, 7) is 2.55. The molecule has 0 aliphatic carbocycles. The quantitative estimate of drug-likeness (QED) is 0.744. The third-order valence-electron chi connectivity index (χ3n) is 2.39. The summed E-state index contributed by atoms with van der Waals surface area (Å²) in [6.07, 6.45) is 0.516. The Labute approximate surface area is 100 Å². The van der Waals surface area contributed by atoms with E-state index in [2.05, 4.69) is 22.0 Å². The molecule has 1 fully saturated rings. The third kappa shape index (κ3) is 1.80. The molecule has 1 unspecified atom stereocenters. The minimum Gasteiger partial charge on any atom is -0.302 e. The topological polar surface area (TPSA) is 44.1 Å². The molecule has 1 saturated heterocycles. The monoisotopic (exact) mass is 284 g/mol. The van der Waals surface area contributed by atoms with Gasteiger partial charge < -0.3 is 4.90 Å². The molecule has 1 aromatic heterocycles. The van der Waals surface area contributed by atoms with Gasteiger partial charge in [-0.1, -0.05) is 15.9 Å². The van der Waals surface area contributed by atoms with Crippen molar-refractivity contribution < 1.29 is 4.79 Å². The van der Waals surface area contributed by atoms with Gasteiger partial charge in [0.05, 0.1) is 5.56 Å². The maximum Gasteiger partial charge on any atom is 0.228 e. The van der Waals surface area contributed by atoms with Gasteiger partial charge in [0.1, 0.15) is 11.1 Å². The van der Waals surface area contributed by atoms with E-state index in [1.807, 2.05) is 12.3 Å². The van der Waals surface area contributed by atoms with Gasteiger partial charge in [-0.15, -0.1) is 11.3 Å². The van der Waals surface area contributed by atoms with Crippen LogP contribution in [0, 0.1) is 18.3 Å². The molecule has 1 aliphatic rings. The average molecular weight is 285 g/mol. The van der Waals surface area contributed by atoms with Gasteiger partial charge in [0.2, 0.25) is 5.91 Å². The second-order valence-electron chi connectivity index (χ2n) is 3.52. The fraction of sp³-hybridized carbons (Fsp3) is 0.400. The Kier molecular flexibility index (Phi) is 2.81. The van der Waals surface area contributed by atoms with Crippen LogP contribution in [0.15, 0.2) is 5.38 Å². The Morgan fingerprint density at radius 2 is 2.47 bits per heavy atom. The largest absolute Gasteiger partial charge is 0.302 e. The highest BCUT2D eigenvalue weighted by molar-refractivity contribution is 9.09. The number of aryl methyl sites for hydroxylation is 1. The zero-order valence-corrected chi connectivity index (χ0v) is 10.6. The van der Waals surface area contributed by atoms with Gasteiger partial charge in [0, 0.05) is 17.8 Å². The number of anilines is 1. The molecule has 2 rings (SSSR count). The number of carbonyl (C=O) groups excluding carboxylic acids is 1. The smallest absolute Gasteiger partial charge is 0.228 e. The summed E-state index contributed by atoms with van der Waals surface area (Å²) in [6, 6.07) is 2.16. The first-order chi connectivity index (χ1) is 7.13. The van der Waals surface area contributed by atoms with E-state index < -0.39 is 0 Å². The second-order valence-corrected chi connectivity index (χ2v) is 5.67. The van der Waals surface area contributed by atoms with Crippen molar-refractivity contribution in [1.82, 2.24) is 0 Å². The summed E-state index contributed by atoms with van der Waals surface area (Å²) in [5.74, 6) is 0.0928. The number of halogens is 1. The van der Waals surface area contributed by atoms with Crippen molar-refractivity contribution in [3.63, 3.8) is 0 Å². The molecule has 0 aromatic carbocycles. The lowest BCUT2D eigenvalue weighted by Gasteiger charge is -2.13. The number of thiophene rings is 1. The highest BCUT2D eigenvalue weighted by Crippen LogP contribution is 2.34. The summed E-state index contributed by atoms with van der Waals surface area (Å²) in [7, 11) is 0. The number of carbonyl (C=O) groups is 1. The molecule has 1 aliphatic heterocycles. The summed E-state index contributed by atoms with van der Waals surface area (Å²) in [5, 5.41) is 11.7. The summed E-state index contributed by atoms with van der Waals surface area (Å²) >= 11 is 4.89. The van der Waals surface area contributed by atoms with Crippen LogP contribution in [0.4, 0.5) is 5.00 Å². The SMILES string of the molecule is Cc1csc(N2CC(Br)CC2=O)c1C#N. The van der Waals surface area contributed by atoms with E-state index in [-0.39, 0.29) is 10.7 Å². The number of rotatable bonds is 1. The van der Waals surface area contributed by atoms with Crippen molar-refractivity contribution in [2.45, 2.75) is 18.2 Å². The lowest BCUT2D eigenvalue weighted by molar-refractivity contribution is -0.116. The fourth-order valence-corrected chi connectivity index (χ4v) is 3.23. The van der Waals surface area contributed by atoms with E-state index in [0.29, 0.717) is 18.5 Å². The molecule has 15 heavy (non-hydrogen) atoms. The van der Waals surface area contributed by atoms with Crippen molar-refractivity contribution >= 4 is 38.2 Å². The molecule has 1 amide bonds. The Morgan fingerprint density at radius 3 is 3.00 bits per heavy atom. The molecule has 78 valence electrons. The molecule has 3 nitrogen and oxygen atoms in total. The molecular formula is C10H9BrN2OS. The number of nitriles is 1. The van der Waals surface area contributed by atoms with Crippen LogP contribution in [0.1, 0.15) is 17.5 Å². The average Bonchev–Trinajstić information content (AvgIpc) is 2.69. The molecule has 1 aromatic rings. The predicted molar refractivity (Wildman–Crippen MR) is 63.5 cm³/mol. The highest BCUT2D eigenvalue weighted by Gasteiger charge is 2.31. The minimum absolute atomic E-state index is 0.0928. The van der Waals surface area contributed by atoms with E-state index in [0.717, 1.165) is 10.6 Å². The molecule has 0 spiro atoms. The van der Waals surface area contributed by atoms with Gasteiger partial charge in [0.25, 0.3) is 0 Å². The number of hydrogen-bond acceptors (Lipinski definition) is 3. The fourth-order valence-electron chi connectivity index (χ4n) is 1.63. The standard InChI is InChI=1S/C10H9BrN2OS/c1-6-5-15-10(8(6)3-12)13-4-7(11)2-9(13)14/h5,7H,2,4H2,1H3. The normalized spacial score (nSPS) is 20.7. The van der Waals surface area contributed by atoms with Crippen LogP contribution in [0.5, 0.6) is 0 Å². The van der Waals surface area contributed by atoms with E-state index >= 15 is 0 Å². The van der Waals surface area contributed by atoms with Gasteiger partial charge in [-0.3, -0.25) is 4.79 Å². The summed E-state index contributed by atoms with van der Waals surface area (Å²) < 4.78 is 0. The van der Waals surface area contributed by atoms with Crippen molar-refractivity contribution in [3.05, 3.63) is 16.5 Å². The lowest BCUT2D eigenvalue weighted by atomic mass is 10.2. The first kappa shape index (κ1) is 10.7. The second kappa shape index (κ2) is 3.95. The molecule has 1 atom stereocenters. The Bertz CT molecular complexity index is 449. The molecular weight excluding hydrogens is 276 g/mol. The Balaban J connectivity index is 2.39. The zero-order chi connectivity index (χ0) is 11.0. The van der Waals surface area contributed by atoms with E-state index in [9.17, 15) is 4.79 Å². The predicted octanol–water partition coefficient (Wildman–Crippen LogP) is 2.43. The Hall–Kier alpha value is -0.860. The van der Waals surface area contributed by atoms with E-state index in [1.54, 1.807) is 4.90 Å². The molecule has 0 N–H and O–H groups in total. The van der Waals surface area contributed by atoms with Crippen LogP contribution in [-0.4, -0.2) is 17.3 Å². The highest BCUT2D eigenvalue weighted by atomic mass is 79.9. The maximum absolute atomic E-state index is 11.7. The lowest BCUT2D eigenvalue weighted by Crippen LogP contribution is -2.24. The third-order valence-corrected chi connectivity index (χ3v) is 4.12. The summed E-state index contributed by atoms with van der Waals surface area (Å²) in [5.41, 5.74) is 1.58.